The van der Waals surface area contributed by atoms with Crippen LogP contribution in [0.2, 0.25) is 0 Å². The number of hydrogen-bond acceptors (Lipinski definition) is 3. The molecule has 0 aliphatic carbocycles. The molecule has 0 aromatic heterocycles. The summed E-state index contributed by atoms with van der Waals surface area (Å²) in [6.07, 6.45) is 1.27. The number of rotatable bonds is 8. The van der Waals surface area contributed by atoms with Crippen molar-refractivity contribution in [2.24, 2.45) is 0 Å². The minimum absolute atomic E-state index is 0.00713. The number of aryl methyl sites for hydroxylation is 1. The van der Waals surface area contributed by atoms with E-state index >= 15 is 0 Å². The second-order valence-corrected chi connectivity index (χ2v) is 5.21. The van der Waals surface area contributed by atoms with Crippen LogP contribution in [0.5, 0.6) is 0 Å². The van der Waals surface area contributed by atoms with Crippen LogP contribution in [0.15, 0.2) is 24.3 Å². The molecular formula is C16H24N2O3. The van der Waals surface area contributed by atoms with E-state index in [1.165, 1.54) is 0 Å². The van der Waals surface area contributed by atoms with E-state index in [-0.39, 0.29) is 18.5 Å². The van der Waals surface area contributed by atoms with E-state index in [1.807, 2.05) is 45.0 Å². The van der Waals surface area contributed by atoms with E-state index in [9.17, 15) is 9.59 Å². The van der Waals surface area contributed by atoms with Gasteiger partial charge in [-0.05, 0) is 31.4 Å². The highest BCUT2D eigenvalue weighted by Gasteiger charge is 2.17. The van der Waals surface area contributed by atoms with Crippen LogP contribution in [-0.4, -0.2) is 29.6 Å². The second-order valence-electron chi connectivity index (χ2n) is 5.21. The Hall–Kier alpha value is -1.88. The van der Waals surface area contributed by atoms with Crippen LogP contribution in [0.1, 0.15) is 43.9 Å². The molecule has 21 heavy (non-hydrogen) atoms. The lowest BCUT2D eigenvalue weighted by Gasteiger charge is -2.18. The molecule has 1 rings (SSSR count). The van der Waals surface area contributed by atoms with Crippen molar-refractivity contribution in [1.82, 2.24) is 10.6 Å². The minimum atomic E-state index is -0.920. The second kappa shape index (κ2) is 8.42. The van der Waals surface area contributed by atoms with E-state index < -0.39 is 12.0 Å². The fraction of sp³-hybridized carbons (Fsp3) is 0.500. The molecule has 1 aromatic rings. The van der Waals surface area contributed by atoms with Crippen molar-refractivity contribution >= 4 is 11.9 Å². The number of nitrogens with one attached hydrogen (secondary N) is 2. The topological polar surface area (TPSA) is 78.4 Å². The third-order valence-corrected chi connectivity index (χ3v) is 3.42. The zero-order chi connectivity index (χ0) is 15.8. The summed E-state index contributed by atoms with van der Waals surface area (Å²) in [6.45, 7) is 5.84. The number of carbonyl (C=O) groups excluding carboxylic acids is 1. The Labute approximate surface area is 125 Å². The molecule has 2 atom stereocenters. The zero-order valence-corrected chi connectivity index (χ0v) is 12.8. The summed E-state index contributed by atoms with van der Waals surface area (Å²) in [7, 11) is 0. The lowest BCUT2D eigenvalue weighted by Crippen LogP contribution is -2.43. The Bertz CT molecular complexity index is 488. The van der Waals surface area contributed by atoms with Crippen molar-refractivity contribution in [3.05, 3.63) is 35.4 Å². The van der Waals surface area contributed by atoms with E-state index in [0.717, 1.165) is 17.5 Å². The summed E-state index contributed by atoms with van der Waals surface area (Å²) in [5.74, 6) is -1.12. The average Bonchev–Trinajstić information content (AvgIpc) is 2.43. The summed E-state index contributed by atoms with van der Waals surface area (Å²) < 4.78 is 0. The predicted octanol–water partition coefficient (Wildman–Crippen LogP) is 2.02. The number of carboxylic acids is 1. The normalized spacial score (nSPS) is 13.5. The maximum Gasteiger partial charge on any atom is 0.320 e. The monoisotopic (exact) mass is 292 g/mol. The smallest absolute Gasteiger partial charge is 0.320 e. The number of benzene rings is 1. The van der Waals surface area contributed by atoms with Crippen molar-refractivity contribution in [2.45, 2.75) is 45.7 Å². The summed E-state index contributed by atoms with van der Waals surface area (Å²) in [4.78, 5) is 22.9. The standard InChI is InChI=1S/C16H24N2O3/c1-4-7-14(16(20)21)17-10-15(19)18-12(3)13-9-6-5-8-11(13)2/h5-6,8-9,12,14,17H,4,7,10H2,1-3H3,(H,18,19)(H,20,21). The van der Waals surface area contributed by atoms with Crippen LogP contribution in [-0.2, 0) is 9.59 Å². The Morgan fingerprint density at radius 3 is 2.52 bits per heavy atom. The number of carbonyl (C=O) groups is 2. The van der Waals surface area contributed by atoms with Gasteiger partial charge in [0.1, 0.15) is 6.04 Å². The van der Waals surface area contributed by atoms with Gasteiger partial charge in [0.05, 0.1) is 12.6 Å². The van der Waals surface area contributed by atoms with E-state index in [0.29, 0.717) is 6.42 Å². The molecular weight excluding hydrogens is 268 g/mol. The molecule has 0 spiro atoms. The first-order chi connectivity index (χ1) is 9.95. The van der Waals surface area contributed by atoms with Gasteiger partial charge in [-0.1, -0.05) is 37.6 Å². The Morgan fingerprint density at radius 1 is 1.29 bits per heavy atom. The summed E-state index contributed by atoms with van der Waals surface area (Å²) in [5, 5.41) is 14.7. The lowest BCUT2D eigenvalue weighted by atomic mass is 10.0. The molecule has 5 heteroatoms. The fourth-order valence-electron chi connectivity index (χ4n) is 2.26. The minimum Gasteiger partial charge on any atom is -0.480 e. The molecule has 2 unspecified atom stereocenters. The van der Waals surface area contributed by atoms with Gasteiger partial charge in [0.2, 0.25) is 5.91 Å². The van der Waals surface area contributed by atoms with Crippen LogP contribution < -0.4 is 10.6 Å². The first-order valence-corrected chi connectivity index (χ1v) is 7.26. The molecule has 0 fully saturated rings. The summed E-state index contributed by atoms with van der Waals surface area (Å²) in [6, 6.07) is 7.09. The zero-order valence-electron chi connectivity index (χ0n) is 12.8. The Balaban J connectivity index is 2.50. The maximum atomic E-state index is 11.9. The van der Waals surface area contributed by atoms with Gasteiger partial charge in [0.25, 0.3) is 0 Å². The van der Waals surface area contributed by atoms with Crippen molar-refractivity contribution in [3.8, 4) is 0 Å². The molecule has 0 saturated heterocycles. The first-order valence-electron chi connectivity index (χ1n) is 7.26. The molecule has 1 aromatic carbocycles. The molecule has 1 amide bonds. The first kappa shape index (κ1) is 17.2. The third-order valence-electron chi connectivity index (χ3n) is 3.42. The number of aliphatic carboxylic acids is 1. The third kappa shape index (κ3) is 5.55. The number of hydrogen-bond donors (Lipinski definition) is 3. The molecule has 0 bridgehead atoms. The highest BCUT2D eigenvalue weighted by molar-refractivity contribution is 5.80. The molecule has 0 aliphatic heterocycles. The van der Waals surface area contributed by atoms with Gasteiger partial charge in [-0.15, -0.1) is 0 Å². The van der Waals surface area contributed by atoms with Crippen molar-refractivity contribution in [1.29, 1.82) is 0 Å². The van der Waals surface area contributed by atoms with Gasteiger partial charge >= 0.3 is 5.97 Å². The van der Waals surface area contributed by atoms with Gasteiger partial charge in [-0.3, -0.25) is 14.9 Å². The van der Waals surface area contributed by atoms with Gasteiger partial charge in [-0.2, -0.15) is 0 Å². The predicted molar refractivity (Wildman–Crippen MR) is 82.1 cm³/mol. The fourth-order valence-corrected chi connectivity index (χ4v) is 2.26. The van der Waals surface area contributed by atoms with E-state index in [1.54, 1.807) is 0 Å². The molecule has 116 valence electrons. The molecule has 0 heterocycles. The Kier molecular flexibility index (Phi) is 6.88. The SMILES string of the molecule is CCCC(NCC(=O)NC(C)c1ccccc1C)C(=O)O. The molecule has 0 radical (unpaired) electrons. The molecule has 0 saturated carbocycles. The van der Waals surface area contributed by atoms with Gasteiger partial charge < -0.3 is 10.4 Å². The lowest BCUT2D eigenvalue weighted by molar-refractivity contribution is -0.139. The average molecular weight is 292 g/mol. The van der Waals surface area contributed by atoms with Gasteiger partial charge in [0.15, 0.2) is 0 Å². The maximum absolute atomic E-state index is 11.9. The molecule has 0 aliphatic rings. The number of amides is 1. The highest BCUT2D eigenvalue weighted by Crippen LogP contribution is 2.16. The molecule has 3 N–H and O–H groups in total. The summed E-state index contributed by atoms with van der Waals surface area (Å²) >= 11 is 0. The molecule has 5 nitrogen and oxygen atoms in total. The van der Waals surface area contributed by atoms with Gasteiger partial charge in [-0.25, -0.2) is 0 Å². The van der Waals surface area contributed by atoms with Crippen molar-refractivity contribution in [3.63, 3.8) is 0 Å². The van der Waals surface area contributed by atoms with Crippen LogP contribution in [0.4, 0.5) is 0 Å². The van der Waals surface area contributed by atoms with Crippen LogP contribution in [0.25, 0.3) is 0 Å². The van der Waals surface area contributed by atoms with Crippen molar-refractivity contribution in [2.75, 3.05) is 6.54 Å². The Morgan fingerprint density at radius 2 is 1.95 bits per heavy atom. The number of carboxylic acid groups (broad SMARTS) is 1. The largest absolute Gasteiger partial charge is 0.480 e. The van der Waals surface area contributed by atoms with Crippen molar-refractivity contribution < 1.29 is 14.7 Å². The van der Waals surface area contributed by atoms with Gasteiger partial charge in [0, 0.05) is 0 Å². The quantitative estimate of drug-likeness (QED) is 0.685. The van der Waals surface area contributed by atoms with E-state index in [2.05, 4.69) is 10.6 Å². The van der Waals surface area contributed by atoms with Crippen LogP contribution in [0, 0.1) is 6.92 Å². The highest BCUT2D eigenvalue weighted by atomic mass is 16.4. The van der Waals surface area contributed by atoms with Crippen LogP contribution in [0.3, 0.4) is 0 Å². The van der Waals surface area contributed by atoms with Crippen LogP contribution >= 0.6 is 0 Å². The van der Waals surface area contributed by atoms with E-state index in [4.69, 9.17) is 5.11 Å². The summed E-state index contributed by atoms with van der Waals surface area (Å²) in [5.41, 5.74) is 2.18.